The summed E-state index contributed by atoms with van der Waals surface area (Å²) in [6, 6.07) is 0.804. The first-order valence-corrected chi connectivity index (χ1v) is 7.03. The summed E-state index contributed by atoms with van der Waals surface area (Å²) in [7, 11) is 0. The maximum Gasteiger partial charge on any atom is 0.423 e. The van der Waals surface area contributed by atoms with Crippen LogP contribution in [0.4, 0.5) is 4.79 Å². The Labute approximate surface area is 103 Å². The van der Waals surface area contributed by atoms with Crippen LogP contribution in [0.25, 0.3) is 0 Å². The van der Waals surface area contributed by atoms with Crippen molar-refractivity contribution in [2.75, 3.05) is 0 Å². The first-order chi connectivity index (χ1) is 8.27. The van der Waals surface area contributed by atoms with Crippen molar-refractivity contribution < 1.29 is 9.63 Å². The maximum absolute atomic E-state index is 11.1. The molecule has 0 spiro atoms. The van der Waals surface area contributed by atoms with Gasteiger partial charge in [-0.2, -0.15) is 0 Å². The van der Waals surface area contributed by atoms with Crippen molar-refractivity contribution in [1.82, 2.24) is 5.06 Å². The van der Waals surface area contributed by atoms with Crippen LogP contribution < -0.4 is 5.73 Å². The van der Waals surface area contributed by atoms with Crippen molar-refractivity contribution in [2.24, 2.45) is 5.73 Å². The largest absolute Gasteiger partial charge is 0.423 e. The van der Waals surface area contributed by atoms with Crippen molar-refractivity contribution >= 4 is 6.09 Å². The Morgan fingerprint density at radius 1 is 0.882 bits per heavy atom. The minimum absolute atomic E-state index is 0.402. The molecule has 98 valence electrons. The fourth-order valence-corrected chi connectivity index (χ4v) is 3.22. The minimum Gasteiger partial charge on any atom is -0.351 e. The van der Waals surface area contributed by atoms with Gasteiger partial charge in [-0.3, -0.25) is 0 Å². The Morgan fingerprint density at radius 3 is 1.65 bits per heavy atom. The van der Waals surface area contributed by atoms with E-state index in [2.05, 4.69) is 0 Å². The molecule has 4 nitrogen and oxygen atoms in total. The molecule has 0 aromatic heterocycles. The molecule has 2 N–H and O–H groups in total. The van der Waals surface area contributed by atoms with E-state index in [1.165, 1.54) is 38.5 Å². The molecule has 0 aromatic carbocycles. The van der Waals surface area contributed by atoms with Crippen LogP contribution in [-0.4, -0.2) is 23.2 Å². The van der Waals surface area contributed by atoms with Gasteiger partial charge in [-0.15, -0.1) is 5.06 Å². The van der Waals surface area contributed by atoms with Gasteiger partial charge in [-0.25, -0.2) is 4.79 Å². The number of hydrogen-bond acceptors (Lipinski definition) is 3. The zero-order valence-electron chi connectivity index (χ0n) is 10.6. The molecule has 0 radical (unpaired) electrons. The molecular weight excluding hydrogens is 216 g/mol. The SMILES string of the molecule is NC(=O)ON(C1CCCCC1)C1CCCCC1. The molecule has 4 heteroatoms. The lowest BCUT2D eigenvalue weighted by Crippen LogP contribution is -2.47. The van der Waals surface area contributed by atoms with E-state index in [1.54, 1.807) is 0 Å². The van der Waals surface area contributed by atoms with Gasteiger partial charge in [0.1, 0.15) is 0 Å². The van der Waals surface area contributed by atoms with Crippen LogP contribution in [0.3, 0.4) is 0 Å². The zero-order valence-corrected chi connectivity index (χ0v) is 10.6. The van der Waals surface area contributed by atoms with Crippen molar-refractivity contribution in [3.8, 4) is 0 Å². The van der Waals surface area contributed by atoms with E-state index in [0.717, 1.165) is 25.7 Å². The van der Waals surface area contributed by atoms with Gasteiger partial charge in [-0.1, -0.05) is 38.5 Å². The normalized spacial score (nSPS) is 23.8. The highest BCUT2D eigenvalue weighted by Crippen LogP contribution is 2.30. The quantitative estimate of drug-likeness (QED) is 0.772. The van der Waals surface area contributed by atoms with E-state index in [1.807, 2.05) is 5.06 Å². The molecule has 0 aliphatic heterocycles. The summed E-state index contributed by atoms with van der Waals surface area (Å²) in [6.07, 6.45) is 11.5. The third-order valence-electron chi connectivity index (χ3n) is 4.06. The molecule has 0 bridgehead atoms. The molecule has 0 saturated heterocycles. The van der Waals surface area contributed by atoms with Gasteiger partial charge in [0.2, 0.25) is 0 Å². The fraction of sp³-hybridized carbons (Fsp3) is 0.923. The lowest BCUT2D eigenvalue weighted by Gasteiger charge is -2.39. The van der Waals surface area contributed by atoms with Gasteiger partial charge in [0, 0.05) is 12.1 Å². The van der Waals surface area contributed by atoms with Gasteiger partial charge < -0.3 is 10.6 Å². The van der Waals surface area contributed by atoms with Crippen LogP contribution in [0.2, 0.25) is 0 Å². The fourth-order valence-electron chi connectivity index (χ4n) is 3.22. The molecule has 0 heterocycles. The van der Waals surface area contributed by atoms with E-state index < -0.39 is 6.09 Å². The van der Waals surface area contributed by atoms with Gasteiger partial charge in [0.05, 0.1) is 0 Å². The average molecular weight is 240 g/mol. The second-order valence-corrected chi connectivity index (χ2v) is 5.35. The first kappa shape index (κ1) is 12.7. The lowest BCUT2D eigenvalue weighted by atomic mass is 9.90. The Kier molecular flexibility index (Phi) is 4.66. The molecule has 2 aliphatic rings. The zero-order chi connectivity index (χ0) is 12.1. The summed E-state index contributed by atoms with van der Waals surface area (Å²) >= 11 is 0. The number of nitrogens with two attached hydrogens (primary N) is 1. The van der Waals surface area contributed by atoms with Crippen molar-refractivity contribution in [2.45, 2.75) is 76.3 Å². The predicted molar refractivity (Wildman–Crippen MR) is 66.3 cm³/mol. The van der Waals surface area contributed by atoms with Crippen LogP contribution >= 0.6 is 0 Å². The van der Waals surface area contributed by atoms with Gasteiger partial charge in [0.25, 0.3) is 0 Å². The molecule has 0 unspecified atom stereocenters. The number of hydrogen-bond donors (Lipinski definition) is 1. The summed E-state index contributed by atoms with van der Waals surface area (Å²) in [5.74, 6) is 0. The summed E-state index contributed by atoms with van der Waals surface area (Å²) in [4.78, 5) is 16.4. The van der Waals surface area contributed by atoms with Gasteiger partial charge in [0.15, 0.2) is 0 Å². The molecule has 0 aromatic rings. The Morgan fingerprint density at radius 2 is 1.29 bits per heavy atom. The van der Waals surface area contributed by atoms with Crippen LogP contribution in [0.5, 0.6) is 0 Å². The van der Waals surface area contributed by atoms with E-state index >= 15 is 0 Å². The van der Waals surface area contributed by atoms with Crippen molar-refractivity contribution in [3.05, 3.63) is 0 Å². The molecule has 0 atom stereocenters. The van der Waals surface area contributed by atoms with Gasteiger partial charge in [-0.05, 0) is 25.7 Å². The Bertz CT molecular complexity index is 228. The van der Waals surface area contributed by atoms with Crippen LogP contribution in [0.1, 0.15) is 64.2 Å². The third-order valence-corrected chi connectivity index (χ3v) is 4.06. The Hall–Kier alpha value is -0.770. The highest BCUT2D eigenvalue weighted by Gasteiger charge is 2.31. The summed E-state index contributed by atoms with van der Waals surface area (Å²) in [5.41, 5.74) is 5.20. The number of amides is 1. The molecule has 1 amide bonds. The second kappa shape index (κ2) is 6.24. The number of nitrogens with zero attached hydrogens (tertiary/aromatic N) is 1. The summed E-state index contributed by atoms with van der Waals surface area (Å²) in [5, 5.41) is 1.95. The summed E-state index contributed by atoms with van der Waals surface area (Å²) < 4.78 is 0. The smallest absolute Gasteiger partial charge is 0.351 e. The Balaban J connectivity index is 1.97. The van der Waals surface area contributed by atoms with E-state index in [9.17, 15) is 4.79 Å². The van der Waals surface area contributed by atoms with E-state index in [4.69, 9.17) is 10.6 Å². The average Bonchev–Trinajstić information content (AvgIpc) is 2.38. The number of rotatable bonds is 3. The predicted octanol–water partition coefficient (Wildman–Crippen LogP) is 2.96. The van der Waals surface area contributed by atoms with Crippen LogP contribution in [-0.2, 0) is 4.84 Å². The minimum atomic E-state index is -0.652. The van der Waals surface area contributed by atoms with E-state index in [0.29, 0.717) is 12.1 Å². The molecule has 17 heavy (non-hydrogen) atoms. The molecule has 2 aliphatic carbocycles. The maximum atomic E-state index is 11.1. The third kappa shape index (κ3) is 3.60. The molecular formula is C13H24N2O2. The standard InChI is InChI=1S/C13H24N2O2/c14-13(16)17-15(11-7-3-1-4-8-11)12-9-5-2-6-10-12/h11-12H,1-10H2,(H2,14,16). The second-order valence-electron chi connectivity index (χ2n) is 5.35. The number of carbonyl (C=O) groups is 1. The lowest BCUT2D eigenvalue weighted by molar-refractivity contribution is -0.172. The highest BCUT2D eigenvalue weighted by molar-refractivity contribution is 5.64. The molecule has 2 fully saturated rings. The topological polar surface area (TPSA) is 55.6 Å². The highest BCUT2D eigenvalue weighted by atomic mass is 16.7. The van der Waals surface area contributed by atoms with Gasteiger partial charge >= 0.3 is 6.09 Å². The monoisotopic (exact) mass is 240 g/mol. The van der Waals surface area contributed by atoms with Crippen molar-refractivity contribution in [1.29, 1.82) is 0 Å². The van der Waals surface area contributed by atoms with Crippen LogP contribution in [0, 0.1) is 0 Å². The number of primary amides is 1. The number of hydroxylamine groups is 2. The van der Waals surface area contributed by atoms with Crippen LogP contribution in [0.15, 0.2) is 0 Å². The van der Waals surface area contributed by atoms with Crippen molar-refractivity contribution in [3.63, 3.8) is 0 Å². The van der Waals surface area contributed by atoms with E-state index in [-0.39, 0.29) is 0 Å². The molecule has 2 saturated carbocycles. The molecule has 2 rings (SSSR count). The number of carbonyl (C=O) groups excluding carboxylic acids is 1. The summed E-state index contributed by atoms with van der Waals surface area (Å²) in [6.45, 7) is 0. The first-order valence-electron chi connectivity index (χ1n) is 7.03.